The molecule has 8 nitrogen and oxygen atoms in total. The zero-order valence-corrected chi connectivity index (χ0v) is 22.2. The number of carbonyl (C=O) groups excluding carboxylic acids is 1. The Balaban J connectivity index is 1.55. The Morgan fingerprint density at radius 2 is 1.42 bits per heavy atom. The summed E-state index contributed by atoms with van der Waals surface area (Å²) in [4.78, 5) is 12.8. The molecule has 2 N–H and O–H groups in total. The predicted octanol–water partition coefficient (Wildman–Crippen LogP) is 3.34. The van der Waals surface area contributed by atoms with Gasteiger partial charge in [0.05, 0.1) is 9.79 Å². The predicted molar refractivity (Wildman–Crippen MR) is 141 cm³/mol. The Hall–Kier alpha value is -3.05. The maximum atomic E-state index is 12.6. The second kappa shape index (κ2) is 11.8. The highest BCUT2D eigenvalue weighted by Gasteiger charge is 2.19. The molecule has 10 heteroatoms. The molecule has 0 aliphatic carbocycles. The average molecular weight is 530 g/mol. The summed E-state index contributed by atoms with van der Waals surface area (Å²) in [5, 5.41) is 2.78. The Bertz CT molecular complexity index is 1400. The van der Waals surface area contributed by atoms with E-state index < -0.39 is 20.0 Å². The van der Waals surface area contributed by atoms with Crippen molar-refractivity contribution in [3.05, 3.63) is 89.5 Å². The third kappa shape index (κ3) is 7.23. The van der Waals surface area contributed by atoms with Gasteiger partial charge in [0.1, 0.15) is 0 Å². The average Bonchev–Trinajstić information content (AvgIpc) is 2.84. The van der Waals surface area contributed by atoms with Gasteiger partial charge in [-0.3, -0.25) is 4.79 Å². The number of aryl methyl sites for hydroxylation is 2. The fraction of sp³-hybridized carbons (Fsp3) is 0.269. The van der Waals surface area contributed by atoms with E-state index in [0.29, 0.717) is 25.1 Å². The molecular weight excluding hydrogens is 498 g/mol. The van der Waals surface area contributed by atoms with Crippen LogP contribution in [0.15, 0.2) is 82.6 Å². The lowest BCUT2D eigenvalue weighted by Gasteiger charge is -2.14. The van der Waals surface area contributed by atoms with Crippen LogP contribution in [0, 0.1) is 6.92 Å². The highest BCUT2D eigenvalue weighted by molar-refractivity contribution is 7.89. The van der Waals surface area contributed by atoms with E-state index in [1.165, 1.54) is 38.4 Å². The summed E-state index contributed by atoms with van der Waals surface area (Å²) in [5.74, 6) is -0.267. The van der Waals surface area contributed by atoms with Crippen molar-refractivity contribution >= 4 is 31.6 Å². The van der Waals surface area contributed by atoms with Crippen LogP contribution >= 0.6 is 0 Å². The van der Waals surface area contributed by atoms with Crippen LogP contribution in [0.1, 0.15) is 23.1 Å². The Morgan fingerprint density at radius 1 is 0.806 bits per heavy atom. The van der Waals surface area contributed by atoms with Crippen molar-refractivity contribution in [1.82, 2.24) is 9.03 Å². The van der Waals surface area contributed by atoms with Crippen molar-refractivity contribution in [2.24, 2.45) is 0 Å². The van der Waals surface area contributed by atoms with E-state index in [1.807, 2.05) is 30.3 Å². The zero-order valence-electron chi connectivity index (χ0n) is 20.6. The molecule has 0 aromatic heterocycles. The highest BCUT2D eigenvalue weighted by atomic mass is 32.2. The summed E-state index contributed by atoms with van der Waals surface area (Å²) in [6.07, 6.45) is 1.16. The van der Waals surface area contributed by atoms with E-state index in [2.05, 4.69) is 10.0 Å². The van der Waals surface area contributed by atoms with Gasteiger partial charge in [-0.2, -0.15) is 0 Å². The van der Waals surface area contributed by atoms with Gasteiger partial charge in [-0.05, 0) is 60.7 Å². The number of benzene rings is 3. The third-order valence-corrected chi connectivity index (χ3v) is 8.97. The quantitative estimate of drug-likeness (QED) is 0.396. The minimum Gasteiger partial charge on any atom is -0.326 e. The number of amides is 1. The van der Waals surface area contributed by atoms with Crippen LogP contribution in [0.2, 0.25) is 0 Å². The Morgan fingerprint density at radius 3 is 2.06 bits per heavy atom. The normalized spacial score (nSPS) is 12.0. The van der Waals surface area contributed by atoms with Gasteiger partial charge in [0.2, 0.25) is 26.0 Å². The van der Waals surface area contributed by atoms with Crippen LogP contribution in [0.5, 0.6) is 0 Å². The summed E-state index contributed by atoms with van der Waals surface area (Å²) in [7, 11) is -4.35. The summed E-state index contributed by atoms with van der Waals surface area (Å²) >= 11 is 0. The Kier molecular flexibility index (Phi) is 9.02. The first-order valence-electron chi connectivity index (χ1n) is 11.4. The SMILES string of the molecule is Cc1ccc(S(=O)(=O)N(C)C)cc1NC(=O)CCc1ccc(S(=O)(=O)NCCc2ccccc2)cc1. The molecule has 0 bridgehead atoms. The molecule has 0 radical (unpaired) electrons. The molecule has 0 heterocycles. The van der Waals surface area contributed by atoms with E-state index >= 15 is 0 Å². The van der Waals surface area contributed by atoms with E-state index in [1.54, 1.807) is 25.1 Å². The maximum absolute atomic E-state index is 12.6. The third-order valence-electron chi connectivity index (χ3n) is 5.68. The first-order valence-corrected chi connectivity index (χ1v) is 14.4. The number of carbonyl (C=O) groups is 1. The minimum absolute atomic E-state index is 0.0996. The molecule has 0 aliphatic heterocycles. The number of sulfonamides is 2. The van der Waals surface area contributed by atoms with Crippen molar-refractivity contribution in [3.63, 3.8) is 0 Å². The molecule has 0 fully saturated rings. The number of hydrogen-bond donors (Lipinski definition) is 2. The van der Waals surface area contributed by atoms with Gasteiger partial charge in [0.15, 0.2) is 0 Å². The molecule has 36 heavy (non-hydrogen) atoms. The van der Waals surface area contributed by atoms with Gasteiger partial charge in [-0.15, -0.1) is 0 Å². The maximum Gasteiger partial charge on any atom is 0.242 e. The van der Waals surface area contributed by atoms with Crippen LogP contribution in [0.4, 0.5) is 5.69 Å². The van der Waals surface area contributed by atoms with Crippen molar-refractivity contribution in [2.45, 2.75) is 36.0 Å². The highest BCUT2D eigenvalue weighted by Crippen LogP contribution is 2.22. The van der Waals surface area contributed by atoms with Gasteiger partial charge in [-0.25, -0.2) is 25.9 Å². The van der Waals surface area contributed by atoms with Crippen LogP contribution in [-0.4, -0.2) is 47.7 Å². The van der Waals surface area contributed by atoms with Crippen molar-refractivity contribution < 1.29 is 21.6 Å². The molecule has 0 atom stereocenters. The number of nitrogens with zero attached hydrogens (tertiary/aromatic N) is 1. The molecule has 0 saturated carbocycles. The molecule has 0 unspecified atom stereocenters. The van der Waals surface area contributed by atoms with Gasteiger partial charge in [0, 0.05) is 32.7 Å². The van der Waals surface area contributed by atoms with Gasteiger partial charge < -0.3 is 5.32 Å². The molecule has 3 aromatic rings. The largest absolute Gasteiger partial charge is 0.326 e. The fourth-order valence-electron chi connectivity index (χ4n) is 3.47. The summed E-state index contributed by atoms with van der Waals surface area (Å²) < 4.78 is 53.6. The standard InChI is InChI=1S/C26H31N3O5S2/c1-20-9-13-24(36(33,34)29(2)3)19-25(20)28-26(30)16-12-22-10-14-23(15-11-22)35(31,32)27-18-17-21-7-5-4-6-8-21/h4-11,13-15,19,27H,12,16-18H2,1-3H3,(H,28,30). The first kappa shape index (κ1) is 27.5. The number of hydrogen-bond acceptors (Lipinski definition) is 5. The van der Waals surface area contributed by atoms with E-state index in [4.69, 9.17) is 0 Å². The van der Waals surface area contributed by atoms with Gasteiger partial charge in [0.25, 0.3) is 0 Å². The molecule has 0 aliphatic rings. The topological polar surface area (TPSA) is 113 Å². The van der Waals surface area contributed by atoms with Gasteiger partial charge in [-0.1, -0.05) is 48.5 Å². The van der Waals surface area contributed by atoms with Gasteiger partial charge >= 0.3 is 0 Å². The van der Waals surface area contributed by atoms with Crippen LogP contribution < -0.4 is 10.0 Å². The second-order valence-electron chi connectivity index (χ2n) is 8.59. The summed E-state index contributed by atoms with van der Waals surface area (Å²) in [6.45, 7) is 2.08. The second-order valence-corrected chi connectivity index (χ2v) is 12.5. The first-order chi connectivity index (χ1) is 17.0. The number of rotatable bonds is 11. The lowest BCUT2D eigenvalue weighted by molar-refractivity contribution is -0.116. The molecule has 3 rings (SSSR count). The van der Waals surface area contributed by atoms with E-state index in [0.717, 1.165) is 21.0 Å². The van der Waals surface area contributed by atoms with E-state index in [-0.39, 0.29) is 22.1 Å². The summed E-state index contributed by atoms with van der Waals surface area (Å²) in [6, 6.07) is 20.7. The number of nitrogens with one attached hydrogen (secondary N) is 2. The monoisotopic (exact) mass is 529 g/mol. The van der Waals surface area contributed by atoms with Crippen molar-refractivity contribution in [1.29, 1.82) is 0 Å². The van der Waals surface area contributed by atoms with Crippen LogP contribution in [0.3, 0.4) is 0 Å². The smallest absolute Gasteiger partial charge is 0.242 e. The number of anilines is 1. The minimum atomic E-state index is -3.63. The zero-order chi connectivity index (χ0) is 26.3. The molecule has 0 spiro atoms. The molecule has 0 saturated heterocycles. The van der Waals surface area contributed by atoms with Crippen LogP contribution in [0.25, 0.3) is 0 Å². The molecule has 1 amide bonds. The van der Waals surface area contributed by atoms with Crippen LogP contribution in [-0.2, 0) is 37.7 Å². The lowest BCUT2D eigenvalue weighted by Crippen LogP contribution is -2.26. The van der Waals surface area contributed by atoms with Crippen molar-refractivity contribution in [3.8, 4) is 0 Å². The molecular formula is C26H31N3O5S2. The molecule has 192 valence electrons. The van der Waals surface area contributed by atoms with E-state index in [9.17, 15) is 21.6 Å². The van der Waals surface area contributed by atoms with Crippen molar-refractivity contribution in [2.75, 3.05) is 26.0 Å². The lowest BCUT2D eigenvalue weighted by atomic mass is 10.1. The Labute approximate surface area is 213 Å². The fourth-order valence-corrected chi connectivity index (χ4v) is 5.43. The molecule has 3 aromatic carbocycles. The summed E-state index contributed by atoms with van der Waals surface area (Å²) in [5.41, 5.74) is 3.05.